The molecule has 2 aromatic rings. The van der Waals surface area contributed by atoms with E-state index >= 15 is 0 Å². The Balaban J connectivity index is 1.22. The second-order valence-electron chi connectivity index (χ2n) is 9.40. The lowest BCUT2D eigenvalue weighted by atomic mass is 9.91. The highest BCUT2D eigenvalue weighted by atomic mass is 16.5. The number of aromatic nitrogens is 1. The number of likely N-dealkylation sites (tertiary alicyclic amines) is 1. The Kier molecular flexibility index (Phi) is 5.63. The van der Waals surface area contributed by atoms with Crippen molar-refractivity contribution >= 4 is 17.2 Å². The predicted molar refractivity (Wildman–Crippen MR) is 126 cm³/mol. The van der Waals surface area contributed by atoms with Gasteiger partial charge >= 0.3 is 0 Å². The van der Waals surface area contributed by atoms with Crippen LogP contribution in [-0.2, 0) is 11.3 Å². The van der Waals surface area contributed by atoms with E-state index in [1.54, 1.807) is 0 Å². The number of anilines is 3. The van der Waals surface area contributed by atoms with Crippen LogP contribution in [0.25, 0.3) is 0 Å². The van der Waals surface area contributed by atoms with Gasteiger partial charge in [-0.05, 0) is 62.0 Å². The number of nitrogens with zero attached hydrogens (tertiary/aromatic N) is 3. The highest BCUT2D eigenvalue weighted by Crippen LogP contribution is 2.39. The first-order valence-electron chi connectivity index (χ1n) is 12.1. The predicted octanol–water partition coefficient (Wildman–Crippen LogP) is 3.10. The van der Waals surface area contributed by atoms with Gasteiger partial charge in [0.05, 0.1) is 24.5 Å². The number of pyridine rings is 1. The average molecular weight is 436 g/mol. The fraction of sp³-hybridized carbons (Fsp3) is 0.560. The molecule has 0 bridgehead atoms. The van der Waals surface area contributed by atoms with Crippen molar-refractivity contribution in [2.75, 3.05) is 62.7 Å². The van der Waals surface area contributed by atoms with Crippen LogP contribution in [0.2, 0.25) is 0 Å². The number of morpholine rings is 1. The zero-order chi connectivity index (χ0) is 21.3. The third kappa shape index (κ3) is 3.93. The summed E-state index contributed by atoms with van der Waals surface area (Å²) in [4.78, 5) is 9.74. The minimum absolute atomic E-state index is 0.531. The molecule has 7 heteroatoms. The Morgan fingerprint density at radius 3 is 2.75 bits per heavy atom. The Bertz CT molecular complexity index is 957. The van der Waals surface area contributed by atoms with E-state index in [1.807, 2.05) is 6.20 Å². The first-order valence-corrected chi connectivity index (χ1v) is 12.1. The van der Waals surface area contributed by atoms with Gasteiger partial charge in [-0.15, -0.1) is 0 Å². The molecule has 0 saturated carbocycles. The molecule has 2 N–H and O–H groups in total. The third-order valence-corrected chi connectivity index (χ3v) is 7.52. The van der Waals surface area contributed by atoms with Gasteiger partial charge in [0.25, 0.3) is 0 Å². The molecule has 1 atom stereocenters. The molecular weight excluding hydrogens is 402 g/mol. The molecule has 5 heterocycles. The van der Waals surface area contributed by atoms with Crippen LogP contribution in [0.5, 0.6) is 5.75 Å². The van der Waals surface area contributed by atoms with Crippen molar-refractivity contribution < 1.29 is 9.47 Å². The maximum absolute atomic E-state index is 6.27. The maximum atomic E-state index is 6.27. The first-order chi connectivity index (χ1) is 15.8. The molecule has 0 aliphatic carbocycles. The molecule has 1 unspecified atom stereocenters. The van der Waals surface area contributed by atoms with Crippen molar-refractivity contribution in [3.8, 4) is 5.75 Å². The summed E-state index contributed by atoms with van der Waals surface area (Å²) in [5.74, 6) is 2.43. The highest BCUT2D eigenvalue weighted by molar-refractivity contribution is 5.73. The summed E-state index contributed by atoms with van der Waals surface area (Å²) in [6, 6.07) is 9.58. The Morgan fingerprint density at radius 2 is 1.91 bits per heavy atom. The number of hydrogen-bond donors (Lipinski definition) is 2. The summed E-state index contributed by atoms with van der Waals surface area (Å²) in [6.07, 6.45) is 5.66. The fourth-order valence-corrected chi connectivity index (χ4v) is 5.48. The van der Waals surface area contributed by atoms with Crippen molar-refractivity contribution in [1.82, 2.24) is 15.2 Å². The van der Waals surface area contributed by atoms with Crippen LogP contribution in [0.15, 0.2) is 30.5 Å². The van der Waals surface area contributed by atoms with Crippen LogP contribution in [-0.4, -0.2) is 68.4 Å². The molecule has 0 radical (unpaired) electrons. The van der Waals surface area contributed by atoms with E-state index in [2.05, 4.69) is 49.7 Å². The lowest BCUT2D eigenvalue weighted by Gasteiger charge is -2.37. The van der Waals surface area contributed by atoms with Crippen LogP contribution in [0, 0.1) is 0 Å². The smallest absolute Gasteiger partial charge is 0.143 e. The SMILES string of the molecule is c1cc(N2CCOCC2)c2c(n1)Nc1cc(C3CCCN(C4CNC4)CC3)ccc1OC2. The van der Waals surface area contributed by atoms with Crippen LogP contribution in [0.4, 0.5) is 17.2 Å². The molecule has 0 spiro atoms. The fourth-order valence-electron chi connectivity index (χ4n) is 5.48. The van der Waals surface area contributed by atoms with E-state index in [0.29, 0.717) is 12.5 Å². The summed E-state index contributed by atoms with van der Waals surface area (Å²) in [5.41, 5.74) is 4.79. The van der Waals surface area contributed by atoms with Gasteiger partial charge in [-0.1, -0.05) is 6.07 Å². The van der Waals surface area contributed by atoms with Crippen LogP contribution in [0.3, 0.4) is 0 Å². The molecule has 7 nitrogen and oxygen atoms in total. The average Bonchev–Trinajstić information content (AvgIpc) is 3.14. The van der Waals surface area contributed by atoms with E-state index in [4.69, 9.17) is 9.47 Å². The number of nitrogens with one attached hydrogen (secondary N) is 2. The van der Waals surface area contributed by atoms with Crippen molar-refractivity contribution in [2.24, 2.45) is 0 Å². The van der Waals surface area contributed by atoms with E-state index in [9.17, 15) is 0 Å². The molecule has 1 aromatic carbocycles. The van der Waals surface area contributed by atoms with Gasteiger partial charge in [0.1, 0.15) is 18.2 Å². The van der Waals surface area contributed by atoms with Crippen LogP contribution >= 0.6 is 0 Å². The summed E-state index contributed by atoms with van der Waals surface area (Å²) >= 11 is 0. The molecule has 1 aromatic heterocycles. The molecule has 4 aliphatic heterocycles. The molecule has 0 amide bonds. The number of ether oxygens (including phenoxy) is 2. The van der Waals surface area contributed by atoms with E-state index in [-0.39, 0.29) is 0 Å². The van der Waals surface area contributed by atoms with Gasteiger partial charge < -0.3 is 25.0 Å². The second-order valence-corrected chi connectivity index (χ2v) is 9.40. The van der Waals surface area contributed by atoms with Crippen molar-refractivity contribution in [2.45, 2.75) is 37.8 Å². The zero-order valence-corrected chi connectivity index (χ0v) is 18.7. The first kappa shape index (κ1) is 20.3. The van der Waals surface area contributed by atoms with Crippen molar-refractivity contribution in [3.05, 3.63) is 41.6 Å². The summed E-state index contributed by atoms with van der Waals surface area (Å²) < 4.78 is 11.8. The van der Waals surface area contributed by atoms with Crippen LogP contribution < -0.4 is 20.3 Å². The third-order valence-electron chi connectivity index (χ3n) is 7.52. The monoisotopic (exact) mass is 435 g/mol. The van der Waals surface area contributed by atoms with Gasteiger partial charge in [-0.2, -0.15) is 0 Å². The summed E-state index contributed by atoms with van der Waals surface area (Å²) in [6.45, 7) is 8.63. The zero-order valence-electron chi connectivity index (χ0n) is 18.7. The maximum Gasteiger partial charge on any atom is 0.143 e. The minimum Gasteiger partial charge on any atom is -0.487 e. The van der Waals surface area contributed by atoms with Gasteiger partial charge in [0, 0.05) is 44.1 Å². The largest absolute Gasteiger partial charge is 0.487 e. The molecule has 4 aliphatic rings. The van der Waals surface area contributed by atoms with Crippen molar-refractivity contribution in [1.29, 1.82) is 0 Å². The van der Waals surface area contributed by atoms with E-state index in [1.165, 1.54) is 43.6 Å². The van der Waals surface area contributed by atoms with Crippen LogP contribution in [0.1, 0.15) is 36.3 Å². The number of benzene rings is 1. The molecule has 32 heavy (non-hydrogen) atoms. The lowest BCUT2D eigenvalue weighted by molar-refractivity contribution is 0.122. The normalized spacial score (nSPS) is 24.2. The standard InChI is InChI=1S/C25H33N5O2/c1-2-18(6-9-29(8-1)20-15-26-16-20)19-3-4-24-22(14-19)28-25-21(17-32-24)23(5-7-27-25)30-10-12-31-13-11-30/h3-5,7,14,18,20,26H,1-2,6,8-13,15-17H2,(H,27,28). The molecule has 3 saturated heterocycles. The Morgan fingerprint density at radius 1 is 1.00 bits per heavy atom. The topological polar surface area (TPSA) is 61.9 Å². The molecule has 6 rings (SSSR count). The Hall–Kier alpha value is -2.35. The van der Waals surface area contributed by atoms with Gasteiger partial charge in [-0.25, -0.2) is 4.98 Å². The molecular formula is C25H33N5O2. The van der Waals surface area contributed by atoms with E-state index < -0.39 is 0 Å². The molecule has 3 fully saturated rings. The van der Waals surface area contributed by atoms with Gasteiger partial charge in [0.2, 0.25) is 0 Å². The quantitative estimate of drug-likeness (QED) is 0.768. The number of rotatable bonds is 3. The minimum atomic E-state index is 0.531. The molecule has 170 valence electrons. The number of hydrogen-bond acceptors (Lipinski definition) is 7. The van der Waals surface area contributed by atoms with E-state index in [0.717, 1.165) is 68.3 Å². The summed E-state index contributed by atoms with van der Waals surface area (Å²) in [5, 5.41) is 7.03. The summed E-state index contributed by atoms with van der Waals surface area (Å²) in [7, 11) is 0. The van der Waals surface area contributed by atoms with Gasteiger partial charge in [0.15, 0.2) is 0 Å². The highest BCUT2D eigenvalue weighted by Gasteiger charge is 2.28. The lowest BCUT2D eigenvalue weighted by Crippen LogP contribution is -2.57. The number of fused-ring (bicyclic) bond motifs is 2. The second kappa shape index (κ2) is 8.89. The Labute approximate surface area is 190 Å². The van der Waals surface area contributed by atoms with Gasteiger partial charge in [-0.3, -0.25) is 4.90 Å². The van der Waals surface area contributed by atoms with Crippen molar-refractivity contribution in [3.63, 3.8) is 0 Å².